The molecule has 0 N–H and O–H groups in total. The summed E-state index contributed by atoms with van der Waals surface area (Å²) in [7, 11) is 1.35. The van der Waals surface area contributed by atoms with Crippen LogP contribution in [0.25, 0.3) is 0 Å². The molecular weight excluding hydrogens is 134 g/mol. The molecule has 0 bridgehead atoms. The van der Waals surface area contributed by atoms with Crippen molar-refractivity contribution in [2.24, 2.45) is 0 Å². The van der Waals surface area contributed by atoms with E-state index in [-0.39, 0.29) is 5.91 Å². The molecule has 0 aromatic heterocycles. The molecule has 0 aromatic carbocycles. The normalized spacial score (nSPS) is 8.20. The molecule has 0 atom stereocenters. The van der Waals surface area contributed by atoms with Crippen LogP contribution in [-0.2, 0) is 14.4 Å². The predicted octanol–water partition coefficient (Wildman–Crippen LogP) is 0.109. The van der Waals surface area contributed by atoms with Crippen molar-refractivity contribution in [2.75, 3.05) is 7.05 Å². The minimum Gasteiger partial charge on any atom is -0.334 e. The third-order valence-corrected chi connectivity index (χ3v) is 0.837. The van der Waals surface area contributed by atoms with Crippen molar-refractivity contribution in [1.82, 2.24) is 5.06 Å². The third kappa shape index (κ3) is 2.86. The van der Waals surface area contributed by atoms with Crippen molar-refractivity contribution in [2.45, 2.75) is 6.92 Å². The van der Waals surface area contributed by atoms with E-state index in [0.29, 0.717) is 0 Å². The molecule has 0 saturated carbocycles. The smallest absolute Gasteiger partial charge is 0.334 e. The molecule has 0 radical (unpaired) electrons. The van der Waals surface area contributed by atoms with Crippen molar-refractivity contribution in [3.63, 3.8) is 0 Å². The number of nitrogens with zero attached hydrogens (tertiary/aromatic N) is 1. The van der Waals surface area contributed by atoms with Gasteiger partial charge in [-0.25, -0.2) is 4.79 Å². The van der Waals surface area contributed by atoms with Gasteiger partial charge in [-0.05, 0) is 0 Å². The van der Waals surface area contributed by atoms with E-state index < -0.39 is 5.97 Å². The Morgan fingerprint density at radius 2 is 2.10 bits per heavy atom. The number of carbonyl (C=O) groups excluding carboxylic acids is 2. The van der Waals surface area contributed by atoms with Gasteiger partial charge in [0, 0.05) is 20.0 Å². The lowest BCUT2D eigenvalue weighted by Crippen LogP contribution is -2.26. The average Bonchev–Trinajstić information content (AvgIpc) is 1.87. The fraction of sp³-hybridized carbons (Fsp3) is 0.333. The van der Waals surface area contributed by atoms with Crippen LogP contribution in [-0.4, -0.2) is 24.0 Å². The maximum atomic E-state index is 10.4. The predicted molar refractivity (Wildman–Crippen MR) is 34.7 cm³/mol. The van der Waals surface area contributed by atoms with Crippen molar-refractivity contribution in [3.05, 3.63) is 12.7 Å². The fourth-order valence-corrected chi connectivity index (χ4v) is 0.237. The number of amides is 1. The Balaban J connectivity index is 3.79. The van der Waals surface area contributed by atoms with Crippen LogP contribution in [0.15, 0.2) is 12.7 Å². The van der Waals surface area contributed by atoms with Gasteiger partial charge in [-0.2, -0.15) is 5.06 Å². The minimum absolute atomic E-state index is 0.338. The fourth-order valence-electron chi connectivity index (χ4n) is 0.237. The molecule has 0 aliphatic carbocycles. The molecule has 0 fully saturated rings. The second-order valence-electron chi connectivity index (χ2n) is 1.63. The number of hydrogen-bond acceptors (Lipinski definition) is 3. The van der Waals surface area contributed by atoms with Crippen LogP contribution in [0.3, 0.4) is 0 Å². The largest absolute Gasteiger partial charge is 0.355 e. The number of hydrogen-bond donors (Lipinski definition) is 0. The van der Waals surface area contributed by atoms with Gasteiger partial charge in [-0.1, -0.05) is 6.58 Å². The summed E-state index contributed by atoms with van der Waals surface area (Å²) in [6, 6.07) is 0. The monoisotopic (exact) mass is 143 g/mol. The molecule has 0 rings (SSSR count). The summed E-state index contributed by atoms with van der Waals surface area (Å²) < 4.78 is 0. The van der Waals surface area contributed by atoms with Gasteiger partial charge in [0.1, 0.15) is 0 Å². The third-order valence-electron chi connectivity index (χ3n) is 0.837. The zero-order chi connectivity index (χ0) is 8.15. The van der Waals surface area contributed by atoms with Gasteiger partial charge in [0.05, 0.1) is 0 Å². The Hall–Kier alpha value is -1.32. The summed E-state index contributed by atoms with van der Waals surface area (Å²) >= 11 is 0. The molecule has 10 heavy (non-hydrogen) atoms. The van der Waals surface area contributed by atoms with Crippen molar-refractivity contribution in [3.8, 4) is 0 Å². The zero-order valence-electron chi connectivity index (χ0n) is 5.96. The Labute approximate surface area is 59.0 Å². The molecule has 0 spiro atoms. The summed E-state index contributed by atoms with van der Waals surface area (Å²) in [6.45, 7) is 4.45. The first-order chi connectivity index (χ1) is 4.57. The maximum absolute atomic E-state index is 10.4. The van der Waals surface area contributed by atoms with Gasteiger partial charge in [-0.3, -0.25) is 4.79 Å². The summed E-state index contributed by atoms with van der Waals surface area (Å²) in [6.07, 6.45) is 0.986. The first kappa shape index (κ1) is 8.68. The Morgan fingerprint density at radius 1 is 1.60 bits per heavy atom. The summed E-state index contributed by atoms with van der Waals surface area (Å²) in [4.78, 5) is 25.2. The lowest BCUT2D eigenvalue weighted by molar-refractivity contribution is -0.186. The molecule has 0 heterocycles. The van der Waals surface area contributed by atoms with Crippen molar-refractivity contribution < 1.29 is 14.4 Å². The van der Waals surface area contributed by atoms with Gasteiger partial charge < -0.3 is 4.84 Å². The first-order valence-electron chi connectivity index (χ1n) is 2.66. The quantitative estimate of drug-likeness (QED) is 0.386. The van der Waals surface area contributed by atoms with Gasteiger partial charge in [-0.15, -0.1) is 0 Å². The Morgan fingerprint density at radius 3 is 2.40 bits per heavy atom. The highest BCUT2D eigenvalue weighted by molar-refractivity contribution is 5.82. The minimum atomic E-state index is -0.641. The van der Waals surface area contributed by atoms with Crippen LogP contribution in [0.5, 0.6) is 0 Å². The van der Waals surface area contributed by atoms with E-state index in [4.69, 9.17) is 0 Å². The van der Waals surface area contributed by atoms with Crippen LogP contribution in [0.1, 0.15) is 6.92 Å². The average molecular weight is 143 g/mol. The summed E-state index contributed by atoms with van der Waals surface area (Å²) in [5.74, 6) is -0.979. The maximum Gasteiger partial charge on any atom is 0.355 e. The first-order valence-corrected chi connectivity index (χ1v) is 2.66. The highest BCUT2D eigenvalue weighted by Crippen LogP contribution is 1.86. The van der Waals surface area contributed by atoms with E-state index in [1.165, 1.54) is 14.0 Å². The summed E-state index contributed by atoms with van der Waals surface area (Å²) in [5, 5.41) is 0.837. The van der Waals surface area contributed by atoms with Crippen LogP contribution >= 0.6 is 0 Å². The molecule has 4 heteroatoms. The van der Waals surface area contributed by atoms with Gasteiger partial charge >= 0.3 is 5.97 Å². The SMILES string of the molecule is C=CC(=O)ON(C)C(C)=O. The second kappa shape index (κ2) is 3.66. The van der Waals surface area contributed by atoms with E-state index in [1.807, 2.05) is 0 Å². The molecule has 0 unspecified atom stereocenters. The van der Waals surface area contributed by atoms with E-state index >= 15 is 0 Å². The van der Waals surface area contributed by atoms with Gasteiger partial charge in [0.2, 0.25) is 0 Å². The Bertz CT molecular complexity index is 164. The van der Waals surface area contributed by atoms with E-state index in [1.54, 1.807) is 0 Å². The molecule has 56 valence electrons. The van der Waals surface area contributed by atoms with Crippen LogP contribution in [0.2, 0.25) is 0 Å². The molecule has 0 aliphatic rings. The highest BCUT2D eigenvalue weighted by atomic mass is 16.7. The van der Waals surface area contributed by atoms with Crippen molar-refractivity contribution in [1.29, 1.82) is 0 Å². The molecule has 4 nitrogen and oxygen atoms in total. The number of rotatable bonds is 1. The van der Waals surface area contributed by atoms with Gasteiger partial charge in [0.15, 0.2) is 0 Å². The standard InChI is InChI=1S/C6H9NO3/c1-4-6(9)10-7(3)5(2)8/h4H,1H2,2-3H3. The van der Waals surface area contributed by atoms with Crippen LogP contribution in [0.4, 0.5) is 0 Å². The molecule has 0 aromatic rings. The lowest BCUT2D eigenvalue weighted by atomic mass is 10.7. The Kier molecular flexibility index (Phi) is 3.17. The van der Waals surface area contributed by atoms with Gasteiger partial charge in [0.25, 0.3) is 5.91 Å². The second-order valence-corrected chi connectivity index (χ2v) is 1.63. The van der Waals surface area contributed by atoms with E-state index in [2.05, 4.69) is 11.4 Å². The molecular formula is C6H9NO3. The molecule has 0 saturated heterocycles. The zero-order valence-corrected chi connectivity index (χ0v) is 5.96. The number of hydroxylamine groups is 2. The topological polar surface area (TPSA) is 46.6 Å². The molecule has 0 aliphatic heterocycles. The van der Waals surface area contributed by atoms with E-state index in [9.17, 15) is 9.59 Å². The molecule has 1 amide bonds. The van der Waals surface area contributed by atoms with Crippen LogP contribution in [0, 0.1) is 0 Å². The van der Waals surface area contributed by atoms with Crippen LogP contribution < -0.4 is 0 Å². The van der Waals surface area contributed by atoms with E-state index in [0.717, 1.165) is 11.1 Å². The lowest BCUT2D eigenvalue weighted by Gasteiger charge is -2.11. The van der Waals surface area contributed by atoms with Crippen molar-refractivity contribution >= 4 is 11.9 Å². The number of carbonyl (C=O) groups is 2. The summed E-state index contributed by atoms with van der Waals surface area (Å²) in [5.41, 5.74) is 0. The highest BCUT2D eigenvalue weighted by Gasteiger charge is 2.05.